The first kappa shape index (κ1) is 43.6. The lowest BCUT2D eigenvalue weighted by atomic mass is 9.99. The molecule has 0 unspecified atom stereocenters. The molecule has 0 saturated carbocycles. The van der Waals surface area contributed by atoms with Crippen molar-refractivity contribution in [2.75, 3.05) is 75.6 Å². The maximum Gasteiger partial charge on any atom is 0.410 e. The van der Waals surface area contributed by atoms with Gasteiger partial charge in [0.15, 0.2) is 11.5 Å². The molecule has 0 radical (unpaired) electrons. The summed E-state index contributed by atoms with van der Waals surface area (Å²) < 4.78 is 30.1. The molecular weight excluding hydrogens is 768 g/mol. The molecule has 15 nitrogen and oxygen atoms in total. The average molecular weight is 821 g/mol. The van der Waals surface area contributed by atoms with E-state index < -0.39 is 11.6 Å². The third kappa shape index (κ3) is 13.2. The van der Waals surface area contributed by atoms with Gasteiger partial charge in [-0.1, -0.05) is 42.5 Å². The van der Waals surface area contributed by atoms with Crippen LogP contribution in [0.15, 0.2) is 71.7 Å². The van der Waals surface area contributed by atoms with Gasteiger partial charge in [-0.3, -0.25) is 14.7 Å². The number of methoxy groups -OCH3 is 1. The quantitative estimate of drug-likeness (QED) is 0.0650. The number of rotatable bonds is 19. The third-order valence-corrected chi connectivity index (χ3v) is 9.76. The van der Waals surface area contributed by atoms with Crippen LogP contribution in [0.5, 0.6) is 0 Å². The number of aliphatic imine (C=N–C) groups is 1. The van der Waals surface area contributed by atoms with Gasteiger partial charge in [-0.25, -0.2) is 14.0 Å². The van der Waals surface area contributed by atoms with Crippen LogP contribution < -0.4 is 16.0 Å². The number of fused-ring (bicyclic) bond motifs is 1. The fourth-order valence-corrected chi connectivity index (χ4v) is 6.74. The number of hydrogen-bond acceptors (Lipinski definition) is 13. The largest absolute Gasteiger partial charge is 0.444 e. The Morgan fingerprint density at radius 1 is 0.917 bits per heavy atom. The molecule has 3 N–H and O–H groups in total. The number of amides is 1. The van der Waals surface area contributed by atoms with Crippen molar-refractivity contribution in [3.05, 3.63) is 101 Å². The van der Waals surface area contributed by atoms with Crippen molar-refractivity contribution in [3.63, 3.8) is 0 Å². The zero-order chi connectivity index (χ0) is 42.5. The van der Waals surface area contributed by atoms with Crippen LogP contribution in [0, 0.1) is 12.4 Å². The summed E-state index contributed by atoms with van der Waals surface area (Å²) in [6.07, 6.45) is 1.39. The minimum absolute atomic E-state index is 0.0473. The first-order chi connectivity index (χ1) is 28.9. The van der Waals surface area contributed by atoms with Crippen molar-refractivity contribution in [1.82, 2.24) is 24.8 Å². The maximum atomic E-state index is 13.9. The van der Waals surface area contributed by atoms with Gasteiger partial charge in [0.25, 0.3) is 0 Å². The van der Waals surface area contributed by atoms with E-state index >= 15 is 0 Å². The second-order valence-electron chi connectivity index (χ2n) is 15.7. The van der Waals surface area contributed by atoms with Gasteiger partial charge in [0.2, 0.25) is 17.8 Å². The lowest BCUT2D eigenvalue weighted by Crippen LogP contribution is -2.49. The maximum absolute atomic E-state index is 13.9. The van der Waals surface area contributed by atoms with Crippen LogP contribution in [0.25, 0.3) is 4.85 Å². The van der Waals surface area contributed by atoms with E-state index in [1.807, 2.05) is 51.1 Å². The lowest BCUT2D eigenvalue weighted by Gasteiger charge is -2.35. The highest BCUT2D eigenvalue weighted by Gasteiger charge is 2.26. The number of anilines is 4. The number of carbonyl (C=O) groups is 2. The van der Waals surface area contributed by atoms with Gasteiger partial charge in [-0.2, -0.15) is 15.0 Å². The second kappa shape index (κ2) is 20.8. The Balaban J connectivity index is 1.19. The summed E-state index contributed by atoms with van der Waals surface area (Å²) in [5.74, 6) is 0.286. The summed E-state index contributed by atoms with van der Waals surface area (Å²) in [6.45, 7) is 17.8. The molecule has 2 aliphatic rings. The van der Waals surface area contributed by atoms with Gasteiger partial charge in [0.1, 0.15) is 11.4 Å². The third-order valence-electron chi connectivity index (χ3n) is 9.76. The molecule has 6 rings (SSSR count). The molecule has 1 aromatic heterocycles. The number of hydrogen-bond donors (Lipinski definition) is 3. The number of Topliss-reactive ketones (excluding diaryl/α,β-unsaturated/α-hetero) is 1. The highest BCUT2D eigenvalue weighted by molar-refractivity contribution is 5.96. The summed E-state index contributed by atoms with van der Waals surface area (Å²) in [5, 5.41) is 9.89. The number of nitrogens with one attached hydrogen (secondary N) is 3. The zero-order valence-electron chi connectivity index (χ0n) is 34.7. The van der Waals surface area contributed by atoms with E-state index in [1.54, 1.807) is 30.2 Å². The van der Waals surface area contributed by atoms with Crippen molar-refractivity contribution in [2.24, 2.45) is 4.99 Å². The minimum atomic E-state index is -0.700. The van der Waals surface area contributed by atoms with Crippen molar-refractivity contribution < 1.29 is 28.2 Å². The van der Waals surface area contributed by atoms with Crippen LogP contribution in [0.3, 0.4) is 0 Å². The molecular formula is C44H53FN10O5. The Morgan fingerprint density at radius 3 is 2.43 bits per heavy atom. The summed E-state index contributed by atoms with van der Waals surface area (Å²) in [7, 11) is 1.61. The van der Waals surface area contributed by atoms with Crippen molar-refractivity contribution in [1.29, 1.82) is 0 Å². The van der Waals surface area contributed by atoms with Crippen molar-refractivity contribution in [2.45, 2.75) is 64.6 Å². The van der Waals surface area contributed by atoms with E-state index in [0.29, 0.717) is 89.7 Å². The molecule has 1 amide bonds. The Labute approximate surface area is 350 Å². The fraction of sp³-hybridized carbons (Fsp3) is 0.432. The zero-order valence-corrected chi connectivity index (χ0v) is 34.7. The second-order valence-corrected chi connectivity index (χ2v) is 15.7. The standard InChI is InChI=1S/C44H53FN10O5/c1-44(2,3)60-43(57)55-19-17-54(18-20-55)29-31-8-6-9-35(24-31)49-41-51-40(47-28-36-26-32-13-14-33(45)27-37(32)48-36)52-42(53-41)50-38(25-30-11-15-34(46-4)16-12-30)39(56)10-7-21-59-23-22-58-5/h6,8-9,11-16,24,27,38H,7,10,17-23,25-26,28-29H2,1-3,5H3,(H3,47,49,50,51,52,53)/t38-/m0/s1. The first-order valence-electron chi connectivity index (χ1n) is 20.2. The van der Waals surface area contributed by atoms with E-state index in [1.165, 1.54) is 12.1 Å². The average Bonchev–Trinajstić information content (AvgIpc) is 3.63. The smallest absolute Gasteiger partial charge is 0.410 e. The summed E-state index contributed by atoms with van der Waals surface area (Å²) in [4.78, 5) is 52.6. The molecule has 1 atom stereocenters. The van der Waals surface area contributed by atoms with E-state index in [9.17, 15) is 14.0 Å². The van der Waals surface area contributed by atoms with Gasteiger partial charge >= 0.3 is 6.09 Å². The van der Waals surface area contributed by atoms with Crippen LogP contribution in [0.4, 0.5) is 44.1 Å². The molecule has 3 aromatic carbocycles. The van der Waals surface area contributed by atoms with Crippen LogP contribution in [-0.2, 0) is 38.4 Å². The van der Waals surface area contributed by atoms with E-state index in [-0.39, 0.29) is 42.0 Å². The molecule has 0 bridgehead atoms. The molecule has 1 saturated heterocycles. The topological polar surface area (TPSA) is 160 Å². The van der Waals surface area contributed by atoms with E-state index in [2.05, 4.69) is 46.7 Å². The molecule has 2 aliphatic heterocycles. The lowest BCUT2D eigenvalue weighted by molar-refractivity contribution is -0.120. The molecule has 316 valence electrons. The van der Waals surface area contributed by atoms with Crippen molar-refractivity contribution >= 4 is 52.5 Å². The van der Waals surface area contributed by atoms with Gasteiger partial charge < -0.3 is 35.1 Å². The Bertz CT molecular complexity index is 2160. The van der Waals surface area contributed by atoms with E-state index in [4.69, 9.17) is 25.8 Å². The Morgan fingerprint density at radius 2 is 1.68 bits per heavy atom. The number of ether oxygens (including phenoxy) is 3. The van der Waals surface area contributed by atoms with Crippen LogP contribution in [0.2, 0.25) is 0 Å². The highest BCUT2D eigenvalue weighted by atomic mass is 19.1. The molecule has 4 aromatic rings. The minimum Gasteiger partial charge on any atom is -0.444 e. The van der Waals surface area contributed by atoms with Gasteiger partial charge in [0, 0.05) is 70.7 Å². The number of carbonyl (C=O) groups excluding carboxylic acids is 2. The number of halogens is 1. The van der Waals surface area contributed by atoms with Crippen LogP contribution in [0.1, 0.15) is 50.3 Å². The SMILES string of the molecule is [C-]#[N+]c1ccc(C[C@H](Nc2nc(NCC3=Nc4cc(F)ccc4C3)nc(Nc3cccc(CN4CCN(C(=O)OC(C)(C)C)CC4)c3)n2)C(=O)CCCOCCOC)cc1. The number of piperazine rings is 1. The highest BCUT2D eigenvalue weighted by Crippen LogP contribution is 2.28. The summed E-state index contributed by atoms with van der Waals surface area (Å²) in [5.41, 5.74) is 4.99. The van der Waals surface area contributed by atoms with Crippen molar-refractivity contribution in [3.8, 4) is 0 Å². The normalized spacial score (nSPS) is 14.5. The Hall–Kier alpha value is -6.02. The van der Waals surface area contributed by atoms with Gasteiger partial charge in [0.05, 0.1) is 38.1 Å². The summed E-state index contributed by atoms with van der Waals surface area (Å²) >= 11 is 0. The monoisotopic (exact) mass is 820 g/mol. The Kier molecular flexibility index (Phi) is 15.1. The molecule has 3 heterocycles. The number of ketones is 1. The molecule has 0 aliphatic carbocycles. The van der Waals surface area contributed by atoms with Gasteiger partial charge in [-0.05, 0) is 74.6 Å². The number of benzene rings is 3. The first-order valence-corrected chi connectivity index (χ1v) is 20.2. The molecule has 0 spiro atoms. The predicted octanol–water partition coefficient (Wildman–Crippen LogP) is 7.13. The number of nitrogens with zero attached hydrogens (tertiary/aromatic N) is 7. The predicted molar refractivity (Wildman–Crippen MR) is 229 cm³/mol. The number of aromatic nitrogens is 3. The van der Waals surface area contributed by atoms with Gasteiger partial charge in [-0.15, -0.1) is 0 Å². The van der Waals surface area contributed by atoms with Crippen LogP contribution in [-0.4, -0.2) is 114 Å². The molecule has 16 heteroatoms. The molecule has 60 heavy (non-hydrogen) atoms. The fourth-order valence-electron chi connectivity index (χ4n) is 6.74. The summed E-state index contributed by atoms with van der Waals surface area (Å²) in [6, 6.07) is 19.0. The van der Waals surface area contributed by atoms with E-state index in [0.717, 1.165) is 28.1 Å². The van der Waals surface area contributed by atoms with Crippen LogP contribution >= 0.6 is 0 Å². The molecule has 1 fully saturated rings.